The zero-order valence-electron chi connectivity index (χ0n) is 18.7. The van der Waals surface area contributed by atoms with Gasteiger partial charge in [-0.1, -0.05) is 42.5 Å². The maximum Gasteiger partial charge on any atom is 0.355 e. The highest BCUT2D eigenvalue weighted by molar-refractivity contribution is 5.98. The minimum Gasteiger partial charge on any atom is -0.351 e. The van der Waals surface area contributed by atoms with E-state index in [1.807, 2.05) is 23.1 Å². The number of rotatable bonds is 8. The van der Waals surface area contributed by atoms with Crippen LogP contribution in [0.4, 0.5) is 23.0 Å². The average molecular weight is 477 g/mol. The van der Waals surface area contributed by atoms with Crippen LogP contribution in [0.5, 0.6) is 0 Å². The van der Waals surface area contributed by atoms with Gasteiger partial charge in [-0.15, -0.1) is 0 Å². The second-order valence-electron chi connectivity index (χ2n) is 8.13. The number of nitrogens with zero attached hydrogens (tertiary/aromatic N) is 5. The molecule has 1 aliphatic rings. The lowest BCUT2D eigenvalue weighted by Crippen LogP contribution is -2.36. The summed E-state index contributed by atoms with van der Waals surface area (Å²) in [5.41, 5.74) is 5.01. The molecule has 1 aromatic heterocycles. The molecule has 2 N–H and O–H groups in total. The SMILES string of the molecule is O=C(NNc1ncnc(N2CCC(Cc3ccccc3)CC2)c1[N+](=O)[O-])c1ccccc1[N+](=O)[O-]. The molecule has 0 radical (unpaired) electrons. The summed E-state index contributed by atoms with van der Waals surface area (Å²) in [6.07, 6.45) is 3.84. The minimum absolute atomic E-state index is 0.158. The Morgan fingerprint density at radius 1 is 0.971 bits per heavy atom. The Kier molecular flexibility index (Phi) is 7.10. The third kappa shape index (κ3) is 5.49. The molecule has 0 bridgehead atoms. The van der Waals surface area contributed by atoms with E-state index in [9.17, 15) is 25.0 Å². The van der Waals surface area contributed by atoms with Crippen LogP contribution in [0.25, 0.3) is 0 Å². The first kappa shape index (κ1) is 23.5. The lowest BCUT2D eigenvalue weighted by molar-refractivity contribution is -0.385. The number of benzene rings is 2. The van der Waals surface area contributed by atoms with Gasteiger partial charge in [0.1, 0.15) is 11.9 Å². The summed E-state index contributed by atoms with van der Waals surface area (Å²) in [6.45, 7) is 1.19. The Bertz CT molecular complexity index is 1230. The lowest BCUT2D eigenvalue weighted by atomic mass is 9.90. The van der Waals surface area contributed by atoms with Crippen LogP contribution in [0.15, 0.2) is 60.9 Å². The van der Waals surface area contributed by atoms with E-state index >= 15 is 0 Å². The number of anilines is 2. The number of nitrogens with one attached hydrogen (secondary N) is 2. The molecular weight excluding hydrogens is 454 g/mol. The quantitative estimate of drug-likeness (QED) is 0.366. The number of hydrogen-bond acceptors (Lipinski definition) is 9. The fraction of sp³-hybridized carbons (Fsp3) is 0.261. The van der Waals surface area contributed by atoms with E-state index in [1.54, 1.807) is 0 Å². The van der Waals surface area contributed by atoms with Crippen LogP contribution < -0.4 is 15.8 Å². The van der Waals surface area contributed by atoms with Gasteiger partial charge in [0.15, 0.2) is 0 Å². The maximum absolute atomic E-state index is 12.5. The molecule has 4 rings (SSSR count). The molecule has 1 saturated heterocycles. The maximum atomic E-state index is 12.5. The highest BCUT2D eigenvalue weighted by Crippen LogP contribution is 2.34. The van der Waals surface area contributed by atoms with Crippen molar-refractivity contribution in [2.45, 2.75) is 19.3 Å². The van der Waals surface area contributed by atoms with Crippen LogP contribution >= 0.6 is 0 Å². The molecule has 12 nitrogen and oxygen atoms in total. The Balaban J connectivity index is 1.46. The van der Waals surface area contributed by atoms with Crippen LogP contribution in [-0.4, -0.2) is 38.8 Å². The Morgan fingerprint density at radius 3 is 2.34 bits per heavy atom. The van der Waals surface area contributed by atoms with Gasteiger partial charge in [0, 0.05) is 19.2 Å². The van der Waals surface area contributed by atoms with Crippen LogP contribution in [0.1, 0.15) is 28.8 Å². The summed E-state index contributed by atoms with van der Waals surface area (Å²) in [5, 5.41) is 23.1. The molecule has 0 aliphatic carbocycles. The van der Waals surface area contributed by atoms with E-state index in [0.717, 1.165) is 19.3 Å². The number of nitro groups is 2. The van der Waals surface area contributed by atoms with E-state index in [4.69, 9.17) is 0 Å². The zero-order valence-corrected chi connectivity index (χ0v) is 18.7. The number of hydrogen-bond donors (Lipinski definition) is 2. The van der Waals surface area contributed by atoms with Crippen LogP contribution in [0.2, 0.25) is 0 Å². The number of carbonyl (C=O) groups excluding carboxylic acids is 1. The molecule has 1 fully saturated rings. The van der Waals surface area contributed by atoms with Crippen molar-refractivity contribution >= 4 is 28.9 Å². The summed E-state index contributed by atoms with van der Waals surface area (Å²) < 4.78 is 0. The molecule has 3 aromatic rings. The molecule has 12 heteroatoms. The predicted molar refractivity (Wildman–Crippen MR) is 128 cm³/mol. The van der Waals surface area contributed by atoms with Gasteiger partial charge in [-0.2, -0.15) is 0 Å². The lowest BCUT2D eigenvalue weighted by Gasteiger charge is -2.32. The fourth-order valence-electron chi connectivity index (χ4n) is 4.16. The first-order chi connectivity index (χ1) is 16.9. The number of nitro benzene ring substituents is 1. The number of amides is 1. The molecule has 0 saturated carbocycles. The van der Waals surface area contributed by atoms with Crippen LogP contribution in [-0.2, 0) is 6.42 Å². The first-order valence-corrected chi connectivity index (χ1v) is 11.0. The van der Waals surface area contributed by atoms with Gasteiger partial charge in [0.2, 0.25) is 11.6 Å². The van der Waals surface area contributed by atoms with Gasteiger partial charge in [-0.3, -0.25) is 35.9 Å². The standard InChI is InChI=1S/C23H23N7O5/c31-23(18-8-4-5-9-19(18)29(32)33)27-26-21-20(30(34)35)22(25-15-24-21)28-12-10-17(11-13-28)14-16-6-2-1-3-7-16/h1-9,15,17H,10-14H2,(H,27,31)(H,24,25,26). The number of aromatic nitrogens is 2. The first-order valence-electron chi connectivity index (χ1n) is 11.0. The van der Waals surface area contributed by atoms with Crippen LogP contribution in [0.3, 0.4) is 0 Å². The smallest absolute Gasteiger partial charge is 0.351 e. The number of para-hydroxylation sites is 1. The summed E-state index contributed by atoms with van der Waals surface area (Å²) in [6, 6.07) is 15.6. The van der Waals surface area contributed by atoms with Gasteiger partial charge in [-0.05, 0) is 36.8 Å². The van der Waals surface area contributed by atoms with E-state index in [0.29, 0.717) is 19.0 Å². The molecule has 1 aliphatic heterocycles. The molecule has 0 unspecified atom stereocenters. The fourth-order valence-corrected chi connectivity index (χ4v) is 4.16. The monoisotopic (exact) mass is 477 g/mol. The number of piperidine rings is 1. The second kappa shape index (κ2) is 10.5. The molecule has 2 aromatic carbocycles. The third-order valence-electron chi connectivity index (χ3n) is 5.91. The Morgan fingerprint density at radius 2 is 1.66 bits per heavy atom. The highest BCUT2D eigenvalue weighted by atomic mass is 16.6. The Hall–Kier alpha value is -4.61. The van der Waals surface area contributed by atoms with E-state index in [2.05, 4.69) is 33.0 Å². The van der Waals surface area contributed by atoms with E-state index < -0.39 is 15.8 Å². The van der Waals surface area contributed by atoms with Crippen LogP contribution in [0, 0.1) is 26.1 Å². The van der Waals surface area contributed by atoms with Crippen molar-refractivity contribution in [3.05, 3.63) is 92.3 Å². The predicted octanol–water partition coefficient (Wildman–Crippen LogP) is 3.51. The van der Waals surface area contributed by atoms with Crippen molar-refractivity contribution in [2.75, 3.05) is 23.4 Å². The largest absolute Gasteiger partial charge is 0.355 e. The van der Waals surface area contributed by atoms with E-state index in [-0.39, 0.29) is 28.6 Å². The molecular formula is C23H23N7O5. The molecule has 180 valence electrons. The summed E-state index contributed by atoms with van der Waals surface area (Å²) in [5.74, 6) is -0.412. The minimum atomic E-state index is -0.825. The molecule has 1 amide bonds. The average Bonchev–Trinajstić information content (AvgIpc) is 2.88. The van der Waals surface area contributed by atoms with Gasteiger partial charge in [0.05, 0.1) is 9.85 Å². The van der Waals surface area contributed by atoms with Crippen molar-refractivity contribution in [1.82, 2.24) is 15.4 Å². The van der Waals surface area contributed by atoms with Crippen molar-refractivity contribution in [3.8, 4) is 0 Å². The summed E-state index contributed by atoms with van der Waals surface area (Å²) >= 11 is 0. The normalized spacial score (nSPS) is 13.8. The molecule has 35 heavy (non-hydrogen) atoms. The third-order valence-corrected chi connectivity index (χ3v) is 5.91. The second-order valence-corrected chi connectivity index (χ2v) is 8.13. The topological polar surface area (TPSA) is 156 Å². The van der Waals surface area contributed by atoms with Crippen molar-refractivity contribution in [2.24, 2.45) is 5.92 Å². The van der Waals surface area contributed by atoms with Crippen molar-refractivity contribution in [3.63, 3.8) is 0 Å². The Labute approximate surface area is 200 Å². The number of carbonyl (C=O) groups is 1. The summed E-state index contributed by atoms with van der Waals surface area (Å²) in [4.78, 5) is 44.2. The zero-order chi connectivity index (χ0) is 24.8. The van der Waals surface area contributed by atoms with Crippen molar-refractivity contribution in [1.29, 1.82) is 0 Å². The van der Waals surface area contributed by atoms with Gasteiger partial charge in [-0.25, -0.2) is 9.97 Å². The van der Waals surface area contributed by atoms with E-state index in [1.165, 1.54) is 36.2 Å². The molecule has 0 atom stereocenters. The van der Waals surface area contributed by atoms with Gasteiger partial charge in [0.25, 0.3) is 11.6 Å². The van der Waals surface area contributed by atoms with Gasteiger partial charge < -0.3 is 4.90 Å². The molecule has 2 heterocycles. The van der Waals surface area contributed by atoms with Crippen molar-refractivity contribution < 1.29 is 14.6 Å². The summed E-state index contributed by atoms with van der Waals surface area (Å²) in [7, 11) is 0. The molecule has 0 spiro atoms. The highest BCUT2D eigenvalue weighted by Gasteiger charge is 2.30. The van der Waals surface area contributed by atoms with Gasteiger partial charge >= 0.3 is 5.69 Å². The number of hydrazine groups is 1.